The summed E-state index contributed by atoms with van der Waals surface area (Å²) in [5.41, 5.74) is 0. The van der Waals surface area contributed by atoms with Crippen molar-refractivity contribution in [1.82, 2.24) is 0 Å². The minimum absolute atomic E-state index is 0.881. The van der Waals surface area contributed by atoms with Crippen molar-refractivity contribution in [2.45, 2.75) is 131 Å². The molecule has 3 atom stereocenters. The van der Waals surface area contributed by atoms with Gasteiger partial charge < -0.3 is 0 Å². The van der Waals surface area contributed by atoms with Crippen LogP contribution in [0.25, 0.3) is 0 Å². The van der Waals surface area contributed by atoms with Crippen molar-refractivity contribution in [2.75, 3.05) is 0 Å². The smallest absolute Gasteiger partial charge is 0.0388 e. The second-order valence-corrected chi connectivity index (χ2v) is 9.97. The van der Waals surface area contributed by atoms with Crippen LogP contribution in [-0.2, 0) is 0 Å². The molecule has 0 bridgehead atoms. The average Bonchev–Trinajstić information content (AvgIpc) is 3.38. The summed E-state index contributed by atoms with van der Waals surface area (Å²) in [6.45, 7) is 12.1. The molecule has 0 heterocycles. The first-order chi connectivity index (χ1) is 12.0. The molecule has 0 nitrogen and oxygen atoms in total. The molecular formula is C25H50. The van der Waals surface area contributed by atoms with Crippen molar-refractivity contribution in [3.63, 3.8) is 0 Å². The van der Waals surface area contributed by atoms with Gasteiger partial charge in [0.2, 0.25) is 0 Å². The van der Waals surface area contributed by atoms with Gasteiger partial charge in [-0.25, -0.2) is 0 Å². The monoisotopic (exact) mass is 350 g/mol. The Morgan fingerprint density at radius 1 is 0.680 bits per heavy atom. The summed E-state index contributed by atoms with van der Waals surface area (Å²) in [7, 11) is 0. The summed E-state index contributed by atoms with van der Waals surface area (Å²) in [4.78, 5) is 0. The van der Waals surface area contributed by atoms with E-state index in [-0.39, 0.29) is 0 Å². The first-order valence-corrected chi connectivity index (χ1v) is 12.0. The largest absolute Gasteiger partial charge is 0.0654 e. The Labute approximate surface area is 160 Å². The molecule has 0 aromatic carbocycles. The maximum atomic E-state index is 2.56. The highest BCUT2D eigenvalue weighted by Gasteiger charge is 2.21. The third kappa shape index (κ3) is 12.9. The molecule has 0 aliphatic heterocycles. The van der Waals surface area contributed by atoms with Crippen LogP contribution in [0.4, 0.5) is 0 Å². The fourth-order valence-corrected chi connectivity index (χ4v) is 4.47. The fourth-order valence-electron chi connectivity index (χ4n) is 4.47. The maximum Gasteiger partial charge on any atom is -0.0388 e. The summed E-state index contributed by atoms with van der Waals surface area (Å²) in [5, 5.41) is 0. The van der Waals surface area contributed by atoms with Crippen LogP contribution in [0.15, 0.2) is 0 Å². The summed E-state index contributed by atoms with van der Waals surface area (Å²) in [5.74, 6) is 4.92. The van der Waals surface area contributed by atoms with Crippen LogP contribution in [0.2, 0.25) is 0 Å². The lowest BCUT2D eigenvalue weighted by atomic mass is 9.81. The first kappa shape index (κ1) is 23.0. The predicted octanol–water partition coefficient (Wildman–Crippen LogP) is 9.03. The van der Waals surface area contributed by atoms with Crippen molar-refractivity contribution in [2.24, 2.45) is 29.6 Å². The molecule has 0 saturated heterocycles. The summed E-state index contributed by atoms with van der Waals surface area (Å²) in [6.07, 6.45) is 22.1. The summed E-state index contributed by atoms with van der Waals surface area (Å²) in [6, 6.07) is 0. The third-order valence-electron chi connectivity index (χ3n) is 6.70. The molecule has 0 heteroatoms. The van der Waals surface area contributed by atoms with Crippen molar-refractivity contribution >= 4 is 0 Å². The van der Waals surface area contributed by atoms with Gasteiger partial charge >= 0.3 is 0 Å². The molecule has 0 radical (unpaired) electrons. The second kappa shape index (κ2) is 14.1. The Bertz CT molecular complexity index is 288. The SMILES string of the molecule is CCCCC(CCCC(C)CCCC(C)C)C(C)CCCCC1CC1. The number of unbranched alkanes of at least 4 members (excludes halogenated alkanes) is 2. The van der Waals surface area contributed by atoms with Gasteiger partial charge in [-0.2, -0.15) is 0 Å². The van der Waals surface area contributed by atoms with Crippen LogP contribution < -0.4 is 0 Å². The minimum Gasteiger partial charge on any atom is -0.0654 e. The zero-order valence-corrected chi connectivity index (χ0v) is 18.5. The van der Waals surface area contributed by atoms with Crippen molar-refractivity contribution < 1.29 is 0 Å². The van der Waals surface area contributed by atoms with Crippen LogP contribution >= 0.6 is 0 Å². The second-order valence-electron chi connectivity index (χ2n) is 9.97. The molecule has 0 N–H and O–H groups in total. The van der Waals surface area contributed by atoms with Crippen LogP contribution in [0, 0.1) is 29.6 Å². The zero-order valence-electron chi connectivity index (χ0n) is 18.5. The topological polar surface area (TPSA) is 0 Å². The molecule has 0 spiro atoms. The quantitative estimate of drug-likeness (QED) is 0.229. The lowest BCUT2D eigenvalue weighted by Crippen LogP contribution is -2.13. The van der Waals surface area contributed by atoms with Gasteiger partial charge in [0.15, 0.2) is 0 Å². The van der Waals surface area contributed by atoms with E-state index < -0.39 is 0 Å². The van der Waals surface area contributed by atoms with E-state index in [1.54, 1.807) is 0 Å². The van der Waals surface area contributed by atoms with Gasteiger partial charge in [-0.05, 0) is 29.6 Å². The molecule has 1 saturated carbocycles. The van der Waals surface area contributed by atoms with E-state index in [1.807, 2.05) is 0 Å². The Kier molecular flexibility index (Phi) is 13.0. The van der Waals surface area contributed by atoms with Crippen molar-refractivity contribution in [1.29, 1.82) is 0 Å². The Hall–Kier alpha value is 0. The minimum atomic E-state index is 0.881. The average molecular weight is 351 g/mol. The Balaban J connectivity index is 2.16. The van der Waals surface area contributed by atoms with Crippen LogP contribution in [0.3, 0.4) is 0 Å². The molecule has 1 aliphatic carbocycles. The van der Waals surface area contributed by atoms with Gasteiger partial charge in [-0.3, -0.25) is 0 Å². The highest BCUT2D eigenvalue weighted by Crippen LogP contribution is 2.35. The van der Waals surface area contributed by atoms with Crippen LogP contribution in [0.1, 0.15) is 131 Å². The van der Waals surface area contributed by atoms with Gasteiger partial charge in [0.1, 0.15) is 0 Å². The molecule has 1 fully saturated rings. The van der Waals surface area contributed by atoms with Crippen molar-refractivity contribution in [3.05, 3.63) is 0 Å². The summed E-state index contributed by atoms with van der Waals surface area (Å²) >= 11 is 0. The highest BCUT2D eigenvalue weighted by atomic mass is 14.3. The fraction of sp³-hybridized carbons (Fsp3) is 1.00. The van der Waals surface area contributed by atoms with E-state index in [9.17, 15) is 0 Å². The Morgan fingerprint density at radius 3 is 1.92 bits per heavy atom. The van der Waals surface area contributed by atoms with E-state index in [1.165, 1.54) is 96.3 Å². The number of rotatable bonds is 17. The van der Waals surface area contributed by atoms with Gasteiger partial charge in [0.25, 0.3) is 0 Å². The highest BCUT2D eigenvalue weighted by molar-refractivity contribution is 4.73. The lowest BCUT2D eigenvalue weighted by Gasteiger charge is -2.25. The summed E-state index contributed by atoms with van der Waals surface area (Å²) < 4.78 is 0. The molecule has 0 amide bonds. The van der Waals surface area contributed by atoms with E-state index in [2.05, 4.69) is 34.6 Å². The molecule has 0 aromatic heterocycles. The normalized spacial score (nSPS) is 18.5. The zero-order chi connectivity index (χ0) is 18.5. The van der Waals surface area contributed by atoms with E-state index in [4.69, 9.17) is 0 Å². The van der Waals surface area contributed by atoms with Gasteiger partial charge in [-0.1, -0.05) is 131 Å². The standard InChI is InChI=1S/C25H50/c1-6-7-17-25(23(5)15-8-9-16-24-19-20-24)18-11-14-22(4)13-10-12-21(2)3/h21-25H,6-20H2,1-5H3. The van der Waals surface area contributed by atoms with E-state index in [0.29, 0.717) is 0 Å². The van der Waals surface area contributed by atoms with E-state index in [0.717, 1.165) is 29.6 Å². The van der Waals surface area contributed by atoms with Gasteiger partial charge in [0, 0.05) is 0 Å². The molecular weight excluding hydrogens is 300 g/mol. The van der Waals surface area contributed by atoms with Crippen molar-refractivity contribution in [3.8, 4) is 0 Å². The molecule has 1 aliphatic rings. The number of hydrogen-bond donors (Lipinski definition) is 0. The lowest BCUT2D eigenvalue weighted by molar-refractivity contribution is 0.270. The molecule has 0 aromatic rings. The first-order valence-electron chi connectivity index (χ1n) is 12.0. The Morgan fingerprint density at radius 2 is 1.32 bits per heavy atom. The van der Waals surface area contributed by atoms with Gasteiger partial charge in [0.05, 0.1) is 0 Å². The van der Waals surface area contributed by atoms with E-state index >= 15 is 0 Å². The van der Waals surface area contributed by atoms with Gasteiger partial charge in [-0.15, -0.1) is 0 Å². The molecule has 25 heavy (non-hydrogen) atoms. The predicted molar refractivity (Wildman–Crippen MR) is 115 cm³/mol. The molecule has 1 rings (SSSR count). The number of hydrogen-bond acceptors (Lipinski definition) is 0. The van der Waals surface area contributed by atoms with Crippen LogP contribution in [-0.4, -0.2) is 0 Å². The third-order valence-corrected chi connectivity index (χ3v) is 6.70. The molecule has 150 valence electrons. The van der Waals surface area contributed by atoms with Crippen LogP contribution in [0.5, 0.6) is 0 Å². The molecule has 3 unspecified atom stereocenters. The maximum absolute atomic E-state index is 2.56.